The summed E-state index contributed by atoms with van der Waals surface area (Å²) in [5, 5.41) is 10.2. The van der Waals surface area contributed by atoms with Gasteiger partial charge in [-0.05, 0) is 32.0 Å². The lowest BCUT2D eigenvalue weighted by Crippen LogP contribution is -2.30. The number of anilines is 1. The third-order valence-electron chi connectivity index (χ3n) is 3.00. The number of nitrogens with zero attached hydrogens (tertiary/aromatic N) is 2. The number of benzene rings is 1. The van der Waals surface area contributed by atoms with Crippen LogP contribution in [0.5, 0.6) is 5.75 Å². The molecule has 0 saturated heterocycles. The Morgan fingerprint density at radius 2 is 2.17 bits per heavy atom. The van der Waals surface area contributed by atoms with E-state index in [-0.39, 0.29) is 12.1 Å². The van der Waals surface area contributed by atoms with E-state index in [0.717, 1.165) is 5.69 Å². The number of ether oxygens (including phenoxy) is 1. The number of rotatable bonds is 6. The van der Waals surface area contributed by atoms with Crippen molar-refractivity contribution in [3.05, 3.63) is 41.2 Å². The predicted molar refractivity (Wildman–Crippen MR) is 91.1 cm³/mol. The van der Waals surface area contributed by atoms with Gasteiger partial charge in [-0.2, -0.15) is 5.10 Å². The van der Waals surface area contributed by atoms with Crippen LogP contribution in [0.25, 0.3) is 0 Å². The molecule has 0 atom stereocenters. The first-order chi connectivity index (χ1) is 10.9. The van der Waals surface area contributed by atoms with Crippen LogP contribution in [0.2, 0.25) is 5.02 Å². The minimum Gasteiger partial charge on any atom is -0.491 e. The van der Waals surface area contributed by atoms with Crippen LogP contribution in [0, 0.1) is 0 Å². The highest BCUT2D eigenvalue weighted by molar-refractivity contribution is 6.33. The second kappa shape index (κ2) is 7.87. The van der Waals surface area contributed by atoms with Crippen LogP contribution in [0.3, 0.4) is 0 Å². The molecule has 0 fully saturated rings. The van der Waals surface area contributed by atoms with Gasteiger partial charge in [-0.3, -0.25) is 4.68 Å². The Bertz CT molecular complexity index is 670. The standard InChI is InChI=1S/C16H21ClN4O2/c1-11(2)23-13-4-5-15(14(17)10-13)19-16(22)18-8-6-12-7-9-21(3)20-12/h4-5,7,9-11H,6,8H2,1-3H3,(H2,18,19,22). The third kappa shape index (κ3) is 5.49. The second-order valence-corrected chi connectivity index (χ2v) is 5.83. The van der Waals surface area contributed by atoms with Crippen molar-refractivity contribution in [3.63, 3.8) is 0 Å². The van der Waals surface area contributed by atoms with E-state index in [0.29, 0.717) is 29.4 Å². The monoisotopic (exact) mass is 336 g/mol. The first-order valence-corrected chi connectivity index (χ1v) is 7.81. The average molecular weight is 337 g/mol. The maximum atomic E-state index is 11.9. The zero-order chi connectivity index (χ0) is 16.8. The van der Waals surface area contributed by atoms with E-state index in [4.69, 9.17) is 16.3 Å². The Kier molecular flexibility index (Phi) is 5.87. The molecule has 0 aliphatic rings. The van der Waals surface area contributed by atoms with E-state index in [9.17, 15) is 4.79 Å². The number of carbonyl (C=O) groups excluding carboxylic acids is 1. The van der Waals surface area contributed by atoms with Crippen LogP contribution in [0.4, 0.5) is 10.5 Å². The highest BCUT2D eigenvalue weighted by atomic mass is 35.5. The summed E-state index contributed by atoms with van der Waals surface area (Å²) in [5.74, 6) is 0.672. The quantitative estimate of drug-likeness (QED) is 0.851. The van der Waals surface area contributed by atoms with Gasteiger partial charge in [0.25, 0.3) is 0 Å². The van der Waals surface area contributed by atoms with Gasteiger partial charge in [0.1, 0.15) is 5.75 Å². The molecule has 2 amide bonds. The van der Waals surface area contributed by atoms with Gasteiger partial charge in [-0.25, -0.2) is 4.79 Å². The molecule has 0 spiro atoms. The number of halogens is 1. The van der Waals surface area contributed by atoms with E-state index in [1.54, 1.807) is 22.9 Å². The highest BCUT2D eigenvalue weighted by Gasteiger charge is 2.08. The largest absolute Gasteiger partial charge is 0.491 e. The number of aryl methyl sites for hydroxylation is 1. The third-order valence-corrected chi connectivity index (χ3v) is 3.31. The van der Waals surface area contributed by atoms with Crippen LogP contribution < -0.4 is 15.4 Å². The Labute approximate surface area is 140 Å². The molecule has 0 radical (unpaired) electrons. The molecule has 0 saturated carbocycles. The van der Waals surface area contributed by atoms with Crippen molar-refractivity contribution in [3.8, 4) is 5.75 Å². The zero-order valence-corrected chi connectivity index (χ0v) is 14.2. The Morgan fingerprint density at radius 3 is 2.78 bits per heavy atom. The number of aromatic nitrogens is 2. The van der Waals surface area contributed by atoms with Crippen molar-refractivity contribution in [2.24, 2.45) is 7.05 Å². The van der Waals surface area contributed by atoms with Gasteiger partial charge in [-0.15, -0.1) is 0 Å². The summed E-state index contributed by atoms with van der Waals surface area (Å²) in [4.78, 5) is 11.9. The zero-order valence-electron chi connectivity index (χ0n) is 13.5. The SMILES string of the molecule is CC(C)Oc1ccc(NC(=O)NCCc2ccn(C)n2)c(Cl)c1. The van der Waals surface area contributed by atoms with Crippen LogP contribution in [0.15, 0.2) is 30.5 Å². The van der Waals surface area contributed by atoms with Crippen molar-refractivity contribution in [2.75, 3.05) is 11.9 Å². The second-order valence-electron chi connectivity index (χ2n) is 5.42. The van der Waals surface area contributed by atoms with E-state index >= 15 is 0 Å². The van der Waals surface area contributed by atoms with Gasteiger partial charge in [0.2, 0.25) is 0 Å². The summed E-state index contributed by atoms with van der Waals surface area (Å²) < 4.78 is 7.28. The van der Waals surface area contributed by atoms with Crippen LogP contribution in [0.1, 0.15) is 19.5 Å². The molecule has 6 nitrogen and oxygen atoms in total. The maximum absolute atomic E-state index is 11.9. The summed E-state index contributed by atoms with van der Waals surface area (Å²) >= 11 is 6.15. The summed E-state index contributed by atoms with van der Waals surface area (Å²) in [5.41, 5.74) is 1.47. The minimum atomic E-state index is -0.305. The number of urea groups is 1. The smallest absolute Gasteiger partial charge is 0.319 e. The van der Waals surface area contributed by atoms with Gasteiger partial charge in [0.05, 0.1) is 22.5 Å². The molecule has 124 valence electrons. The molecule has 1 heterocycles. The molecule has 2 aromatic rings. The van der Waals surface area contributed by atoms with Crippen LogP contribution in [-0.4, -0.2) is 28.5 Å². The van der Waals surface area contributed by atoms with Crippen molar-refractivity contribution >= 4 is 23.3 Å². The molecule has 7 heteroatoms. The van der Waals surface area contributed by atoms with Crippen molar-refractivity contribution < 1.29 is 9.53 Å². The van der Waals surface area contributed by atoms with Gasteiger partial charge in [0.15, 0.2) is 0 Å². The lowest BCUT2D eigenvalue weighted by atomic mass is 10.3. The fourth-order valence-corrected chi connectivity index (χ4v) is 2.23. The minimum absolute atomic E-state index is 0.0692. The van der Waals surface area contributed by atoms with E-state index in [1.807, 2.05) is 33.2 Å². The maximum Gasteiger partial charge on any atom is 0.319 e. The number of hydrogen-bond acceptors (Lipinski definition) is 3. The molecule has 0 bridgehead atoms. The fourth-order valence-electron chi connectivity index (χ4n) is 2.01. The Morgan fingerprint density at radius 1 is 1.39 bits per heavy atom. The fraction of sp³-hybridized carbons (Fsp3) is 0.375. The molecule has 1 aromatic carbocycles. The lowest BCUT2D eigenvalue weighted by molar-refractivity contribution is 0.242. The van der Waals surface area contributed by atoms with E-state index in [2.05, 4.69) is 15.7 Å². The molecular formula is C16H21ClN4O2. The molecule has 2 N–H and O–H groups in total. The van der Waals surface area contributed by atoms with Gasteiger partial charge in [0, 0.05) is 32.3 Å². The van der Waals surface area contributed by atoms with Crippen molar-refractivity contribution in [2.45, 2.75) is 26.4 Å². The summed E-state index contributed by atoms with van der Waals surface area (Å²) in [6.45, 7) is 4.37. The predicted octanol–water partition coefficient (Wildman–Crippen LogP) is 3.22. The molecule has 2 rings (SSSR count). The molecule has 23 heavy (non-hydrogen) atoms. The summed E-state index contributed by atoms with van der Waals surface area (Å²) in [6, 6.07) is 6.79. The van der Waals surface area contributed by atoms with Gasteiger partial charge in [-0.1, -0.05) is 11.6 Å². The first-order valence-electron chi connectivity index (χ1n) is 7.43. The van der Waals surface area contributed by atoms with Crippen LogP contribution in [-0.2, 0) is 13.5 Å². The number of amides is 2. The highest BCUT2D eigenvalue weighted by Crippen LogP contribution is 2.27. The number of nitrogens with one attached hydrogen (secondary N) is 2. The van der Waals surface area contributed by atoms with Crippen LogP contribution >= 0.6 is 11.6 Å². The Hall–Kier alpha value is -2.21. The average Bonchev–Trinajstić information content (AvgIpc) is 2.87. The number of carbonyl (C=O) groups is 1. The molecular weight excluding hydrogens is 316 g/mol. The summed E-state index contributed by atoms with van der Waals surface area (Å²) in [7, 11) is 1.86. The normalized spacial score (nSPS) is 10.7. The molecule has 0 aliphatic carbocycles. The first kappa shape index (κ1) is 17.1. The lowest BCUT2D eigenvalue weighted by Gasteiger charge is -2.12. The molecule has 1 aromatic heterocycles. The molecule has 0 aliphatic heterocycles. The van der Waals surface area contributed by atoms with Gasteiger partial charge < -0.3 is 15.4 Å². The van der Waals surface area contributed by atoms with E-state index in [1.165, 1.54) is 0 Å². The Balaban J connectivity index is 1.82. The van der Waals surface area contributed by atoms with Crippen molar-refractivity contribution in [1.82, 2.24) is 15.1 Å². The van der Waals surface area contributed by atoms with Gasteiger partial charge >= 0.3 is 6.03 Å². The van der Waals surface area contributed by atoms with E-state index < -0.39 is 0 Å². The van der Waals surface area contributed by atoms with Crippen molar-refractivity contribution in [1.29, 1.82) is 0 Å². The topological polar surface area (TPSA) is 68.2 Å². The number of hydrogen-bond donors (Lipinski definition) is 2. The molecule has 0 unspecified atom stereocenters. The summed E-state index contributed by atoms with van der Waals surface area (Å²) in [6.07, 6.45) is 2.61.